The van der Waals surface area contributed by atoms with Crippen LogP contribution in [0.1, 0.15) is 48.7 Å². The fourth-order valence-electron chi connectivity index (χ4n) is 3.86. The van der Waals surface area contributed by atoms with Gasteiger partial charge in [0.1, 0.15) is 18.3 Å². The lowest BCUT2D eigenvalue weighted by atomic mass is 9.59. The van der Waals surface area contributed by atoms with Crippen molar-refractivity contribution in [2.45, 2.75) is 50.8 Å². The molecule has 0 bridgehead atoms. The number of carbonyl (C=O) groups excluding carboxylic acids is 2. The first-order valence-electron chi connectivity index (χ1n) is 8.39. The first-order valence-corrected chi connectivity index (χ1v) is 8.39. The number of hydrogen-bond donors (Lipinski definition) is 1. The lowest BCUT2D eigenvalue weighted by molar-refractivity contribution is -0.136. The SMILES string of the molecule is CBC1CCCc2c1ccc1nn(C3CCC(=O)NC3=O)nc21. The van der Waals surface area contributed by atoms with Crippen LogP contribution in [0.25, 0.3) is 11.0 Å². The first-order chi connectivity index (χ1) is 11.2. The lowest BCUT2D eigenvalue weighted by Crippen LogP contribution is -2.42. The van der Waals surface area contributed by atoms with Gasteiger partial charge in [0.2, 0.25) is 5.91 Å². The zero-order chi connectivity index (χ0) is 16.0. The molecule has 2 heterocycles. The largest absolute Gasteiger partial charge is 0.295 e. The Hall–Kier alpha value is -2.18. The van der Waals surface area contributed by atoms with E-state index in [9.17, 15) is 9.59 Å². The lowest BCUT2D eigenvalue weighted by Gasteiger charge is -2.24. The van der Waals surface area contributed by atoms with Gasteiger partial charge in [0.05, 0.1) is 0 Å². The van der Waals surface area contributed by atoms with Gasteiger partial charge in [0.15, 0.2) is 6.04 Å². The summed E-state index contributed by atoms with van der Waals surface area (Å²) in [5.74, 6) is 0.0805. The Morgan fingerprint density at radius 1 is 1.22 bits per heavy atom. The van der Waals surface area contributed by atoms with Gasteiger partial charge < -0.3 is 0 Å². The van der Waals surface area contributed by atoms with Crippen LogP contribution in [-0.4, -0.2) is 34.1 Å². The molecule has 1 aliphatic carbocycles. The molecule has 6 nitrogen and oxygen atoms in total. The van der Waals surface area contributed by atoms with Crippen molar-refractivity contribution in [3.8, 4) is 0 Å². The fourth-order valence-corrected chi connectivity index (χ4v) is 3.86. The molecule has 4 rings (SSSR count). The smallest absolute Gasteiger partial charge is 0.253 e. The van der Waals surface area contributed by atoms with Crippen LogP contribution in [0.3, 0.4) is 0 Å². The number of amides is 2. The summed E-state index contributed by atoms with van der Waals surface area (Å²) in [4.78, 5) is 24.8. The van der Waals surface area contributed by atoms with Crippen LogP contribution in [0.2, 0.25) is 6.82 Å². The Morgan fingerprint density at radius 2 is 2.09 bits per heavy atom. The molecule has 0 spiro atoms. The number of fused-ring (bicyclic) bond motifs is 3. The third-order valence-corrected chi connectivity index (χ3v) is 5.11. The van der Waals surface area contributed by atoms with Crippen molar-refractivity contribution in [3.05, 3.63) is 23.3 Å². The van der Waals surface area contributed by atoms with E-state index < -0.39 is 6.04 Å². The van der Waals surface area contributed by atoms with E-state index in [2.05, 4.69) is 28.4 Å². The summed E-state index contributed by atoms with van der Waals surface area (Å²) >= 11 is 0. The molecule has 1 saturated heterocycles. The van der Waals surface area contributed by atoms with Gasteiger partial charge in [-0.15, -0.1) is 0 Å². The van der Waals surface area contributed by atoms with Gasteiger partial charge in [0, 0.05) is 6.42 Å². The third-order valence-electron chi connectivity index (χ3n) is 5.11. The Morgan fingerprint density at radius 3 is 2.87 bits per heavy atom. The highest BCUT2D eigenvalue weighted by molar-refractivity contribution is 6.36. The number of imide groups is 1. The predicted octanol–water partition coefficient (Wildman–Crippen LogP) is 1.27. The Bertz CT molecular complexity index is 801. The molecular weight excluding hydrogens is 291 g/mol. The van der Waals surface area contributed by atoms with Crippen molar-refractivity contribution in [1.82, 2.24) is 20.3 Å². The number of benzene rings is 1. The summed E-state index contributed by atoms with van der Waals surface area (Å²) in [6.45, 7) is 2.23. The van der Waals surface area contributed by atoms with Crippen molar-refractivity contribution < 1.29 is 9.59 Å². The van der Waals surface area contributed by atoms with E-state index in [1.807, 2.05) is 6.07 Å². The molecule has 118 valence electrons. The van der Waals surface area contributed by atoms with Crippen LogP contribution in [0.4, 0.5) is 0 Å². The maximum atomic E-state index is 12.0. The van der Waals surface area contributed by atoms with Crippen molar-refractivity contribution in [2.75, 3.05) is 0 Å². The molecule has 1 fully saturated rings. The second-order valence-electron chi connectivity index (χ2n) is 6.49. The number of nitrogens with zero attached hydrogens (tertiary/aromatic N) is 3. The van der Waals surface area contributed by atoms with Crippen molar-refractivity contribution in [2.24, 2.45) is 0 Å². The van der Waals surface area contributed by atoms with Crippen molar-refractivity contribution in [3.63, 3.8) is 0 Å². The number of rotatable bonds is 2. The van der Waals surface area contributed by atoms with Crippen molar-refractivity contribution >= 4 is 30.1 Å². The molecule has 1 N–H and O–H groups in total. The molecule has 0 saturated carbocycles. The van der Waals surface area contributed by atoms with Crippen LogP contribution in [0.5, 0.6) is 0 Å². The summed E-state index contributed by atoms with van der Waals surface area (Å²) in [5.41, 5.74) is 4.44. The molecule has 2 unspecified atom stereocenters. The zero-order valence-corrected chi connectivity index (χ0v) is 13.2. The normalized spacial score (nSPS) is 24.4. The van der Waals surface area contributed by atoms with Crippen LogP contribution in [-0.2, 0) is 16.0 Å². The Kier molecular flexibility index (Phi) is 3.43. The Balaban J connectivity index is 1.77. The molecule has 2 amide bonds. The van der Waals surface area contributed by atoms with E-state index in [1.165, 1.54) is 28.8 Å². The van der Waals surface area contributed by atoms with Crippen molar-refractivity contribution in [1.29, 1.82) is 0 Å². The first kappa shape index (κ1) is 14.4. The van der Waals surface area contributed by atoms with E-state index in [0.717, 1.165) is 24.7 Å². The van der Waals surface area contributed by atoms with E-state index in [4.69, 9.17) is 0 Å². The topological polar surface area (TPSA) is 76.9 Å². The maximum Gasteiger partial charge on any atom is 0.253 e. The highest BCUT2D eigenvalue weighted by atomic mass is 16.2. The van der Waals surface area contributed by atoms with Gasteiger partial charge in [-0.1, -0.05) is 19.3 Å². The average molecular weight is 310 g/mol. The quantitative estimate of drug-likeness (QED) is 0.669. The highest BCUT2D eigenvalue weighted by Crippen LogP contribution is 2.34. The number of carbonyl (C=O) groups is 2. The van der Waals surface area contributed by atoms with Gasteiger partial charge in [-0.25, -0.2) is 0 Å². The van der Waals surface area contributed by atoms with Gasteiger partial charge in [-0.05, 0) is 42.3 Å². The van der Waals surface area contributed by atoms with Gasteiger partial charge >= 0.3 is 0 Å². The number of piperidine rings is 1. The van der Waals surface area contributed by atoms with Gasteiger partial charge in [-0.2, -0.15) is 15.0 Å². The minimum atomic E-state index is -0.485. The highest BCUT2D eigenvalue weighted by Gasteiger charge is 2.31. The molecule has 7 heteroatoms. The average Bonchev–Trinajstić information content (AvgIpc) is 2.98. The summed E-state index contributed by atoms with van der Waals surface area (Å²) in [5, 5.41) is 11.5. The fraction of sp³-hybridized carbons (Fsp3) is 0.500. The number of hydrogen-bond acceptors (Lipinski definition) is 4. The van der Waals surface area contributed by atoms with Crippen LogP contribution in [0.15, 0.2) is 12.1 Å². The molecule has 23 heavy (non-hydrogen) atoms. The van der Waals surface area contributed by atoms with Gasteiger partial charge in [0.25, 0.3) is 5.91 Å². The summed E-state index contributed by atoms with van der Waals surface area (Å²) in [7, 11) is 1.14. The van der Waals surface area contributed by atoms with Crippen LogP contribution < -0.4 is 5.32 Å². The molecule has 2 atom stereocenters. The summed E-state index contributed by atoms with van der Waals surface area (Å²) < 4.78 is 0. The Labute approximate surface area is 134 Å². The molecule has 2 aromatic rings. The predicted molar refractivity (Wildman–Crippen MR) is 87.6 cm³/mol. The molecule has 0 radical (unpaired) electrons. The van der Waals surface area contributed by atoms with E-state index in [1.54, 1.807) is 0 Å². The van der Waals surface area contributed by atoms with Crippen LogP contribution >= 0.6 is 0 Å². The molecular formula is C16H19BN4O2. The maximum absolute atomic E-state index is 12.0. The minimum Gasteiger partial charge on any atom is -0.295 e. The molecule has 1 aromatic heterocycles. The number of aryl methyl sites for hydroxylation is 1. The number of aromatic nitrogens is 3. The molecule has 1 aromatic carbocycles. The van der Waals surface area contributed by atoms with E-state index in [0.29, 0.717) is 18.7 Å². The second kappa shape index (κ2) is 5.47. The molecule has 1 aliphatic heterocycles. The monoisotopic (exact) mass is 310 g/mol. The minimum absolute atomic E-state index is 0.217. The summed E-state index contributed by atoms with van der Waals surface area (Å²) in [6, 6.07) is 3.70. The third kappa shape index (κ3) is 2.35. The second-order valence-corrected chi connectivity index (χ2v) is 6.49. The van der Waals surface area contributed by atoms with Gasteiger partial charge in [-0.3, -0.25) is 14.9 Å². The van der Waals surface area contributed by atoms with Crippen LogP contribution in [0, 0.1) is 0 Å². The zero-order valence-electron chi connectivity index (χ0n) is 13.2. The standard InChI is InChI=1S/C16H19BN4O2/c1-17-11-4-2-3-10-9(11)5-6-12-15(10)20-21(19-12)13-7-8-14(22)18-16(13)23/h5-6,11,13,17H,2-4,7-8H2,1H3,(H,18,22,23). The summed E-state index contributed by atoms with van der Waals surface area (Å²) in [6.07, 6.45) is 4.24. The van der Waals surface area contributed by atoms with E-state index >= 15 is 0 Å². The van der Waals surface area contributed by atoms with E-state index in [-0.39, 0.29) is 11.8 Å². The number of nitrogens with one attached hydrogen (secondary N) is 1. The molecule has 2 aliphatic rings.